The molecule has 5 nitrogen and oxygen atoms in total. The fourth-order valence-electron chi connectivity index (χ4n) is 3.17. The van der Waals surface area contributed by atoms with E-state index in [0.717, 1.165) is 30.3 Å². The summed E-state index contributed by atoms with van der Waals surface area (Å²) in [6.45, 7) is 0.0789. The number of nitrogens with one attached hydrogen (secondary N) is 1. The molecule has 0 heterocycles. The third-order valence-electron chi connectivity index (χ3n) is 4.91. The van der Waals surface area contributed by atoms with Crippen molar-refractivity contribution in [2.45, 2.75) is 43.3 Å². The Morgan fingerprint density at radius 3 is 2.11 bits per heavy atom. The van der Waals surface area contributed by atoms with Crippen LogP contribution in [0.5, 0.6) is 0 Å². The van der Waals surface area contributed by atoms with Crippen LogP contribution in [0.25, 0.3) is 0 Å². The number of carboxylic acids is 1. The van der Waals surface area contributed by atoms with E-state index in [1.165, 1.54) is 0 Å². The minimum Gasteiger partial charge on any atom is -0.480 e. The molecule has 0 radical (unpaired) electrons. The second-order valence-corrected chi connectivity index (χ2v) is 7.04. The van der Waals surface area contributed by atoms with Gasteiger partial charge in [0.25, 0.3) is 0 Å². The zero-order valence-corrected chi connectivity index (χ0v) is 15.8. The first-order valence-electron chi connectivity index (χ1n) is 9.51. The zero-order valence-electron chi connectivity index (χ0n) is 15.8. The average Bonchev–Trinajstić information content (AvgIpc) is 2.69. The predicted octanol–water partition coefficient (Wildman–Crippen LogP) is 2.05. The van der Waals surface area contributed by atoms with Gasteiger partial charge in [-0.3, -0.25) is 4.79 Å². The fraction of sp³-hybridized carbons (Fsp3) is 0.381. The molecule has 0 bridgehead atoms. The average molecular weight is 368 g/mol. The quantitative estimate of drug-likeness (QED) is 0.360. The molecule has 27 heavy (non-hydrogen) atoms. The van der Waals surface area contributed by atoms with Gasteiger partial charge in [-0.1, -0.05) is 79.8 Å². The van der Waals surface area contributed by atoms with Gasteiger partial charge >= 0.3 is 5.97 Å². The number of rotatable bonds is 11. The highest BCUT2D eigenvalue weighted by Gasteiger charge is 2.35. The van der Waals surface area contributed by atoms with Crippen molar-refractivity contribution in [3.05, 3.63) is 71.8 Å². The standard InChI is InChI=1S/C21H29BN2O3/c22-14-8-7-13-21(23,20(26)27)15-24-18(16-9-3-1-4-10-16)19(25)17-11-5-2-6-12-17/h1-6,9-12,18-19,24-25H,7-8,13-15,22-23H2,(H,26,27)/t18-,19+,21?/m1/s1. The summed E-state index contributed by atoms with van der Waals surface area (Å²) in [6.07, 6.45) is 2.29. The topological polar surface area (TPSA) is 95.6 Å². The lowest BCUT2D eigenvalue weighted by Gasteiger charge is -2.31. The second kappa shape index (κ2) is 10.3. The van der Waals surface area contributed by atoms with E-state index in [9.17, 15) is 15.0 Å². The van der Waals surface area contributed by atoms with E-state index in [1.807, 2.05) is 60.7 Å². The van der Waals surface area contributed by atoms with Crippen LogP contribution in [0, 0.1) is 0 Å². The van der Waals surface area contributed by atoms with Crippen LogP contribution in [0.3, 0.4) is 0 Å². The van der Waals surface area contributed by atoms with E-state index in [1.54, 1.807) is 0 Å². The molecule has 3 atom stereocenters. The molecule has 144 valence electrons. The number of carboxylic acid groups (broad SMARTS) is 1. The Bertz CT molecular complexity index is 699. The first-order chi connectivity index (χ1) is 13.0. The van der Waals surface area contributed by atoms with Gasteiger partial charge in [0.15, 0.2) is 0 Å². The first-order valence-corrected chi connectivity index (χ1v) is 9.51. The van der Waals surface area contributed by atoms with E-state index < -0.39 is 23.7 Å². The minimum atomic E-state index is -1.36. The molecule has 6 heteroatoms. The number of benzene rings is 2. The smallest absolute Gasteiger partial charge is 0.325 e. The summed E-state index contributed by atoms with van der Waals surface area (Å²) in [5.41, 5.74) is 6.49. The molecule has 2 rings (SSSR count). The van der Waals surface area contributed by atoms with E-state index in [2.05, 4.69) is 13.2 Å². The second-order valence-electron chi connectivity index (χ2n) is 7.04. The van der Waals surface area contributed by atoms with E-state index >= 15 is 0 Å². The molecule has 1 unspecified atom stereocenters. The van der Waals surface area contributed by atoms with Crippen LogP contribution in [-0.4, -0.2) is 36.1 Å². The lowest BCUT2D eigenvalue weighted by Crippen LogP contribution is -2.56. The van der Waals surface area contributed by atoms with Gasteiger partial charge in [0, 0.05) is 6.54 Å². The highest BCUT2D eigenvalue weighted by atomic mass is 16.4. The lowest BCUT2D eigenvalue weighted by atomic mass is 9.89. The molecule has 0 aliphatic heterocycles. The van der Waals surface area contributed by atoms with Gasteiger partial charge in [-0.05, 0) is 17.5 Å². The molecule has 0 aromatic heterocycles. The molecule has 0 amide bonds. The molecule has 0 spiro atoms. The fourth-order valence-corrected chi connectivity index (χ4v) is 3.17. The predicted molar refractivity (Wildman–Crippen MR) is 110 cm³/mol. The summed E-state index contributed by atoms with van der Waals surface area (Å²) in [5, 5.41) is 23.8. The normalized spacial score (nSPS) is 15.6. The maximum Gasteiger partial charge on any atom is 0.325 e. The Hall–Kier alpha value is -2.15. The van der Waals surface area contributed by atoms with Crippen molar-refractivity contribution >= 4 is 13.8 Å². The SMILES string of the molecule is BCCCCC(N)(CN[C@H](c1ccccc1)[C@@H](O)c1ccccc1)C(=O)O. The Balaban J connectivity index is 2.20. The van der Waals surface area contributed by atoms with Crippen LogP contribution in [0.15, 0.2) is 60.7 Å². The van der Waals surface area contributed by atoms with Crippen LogP contribution in [0.4, 0.5) is 0 Å². The highest BCUT2D eigenvalue weighted by Crippen LogP contribution is 2.29. The summed E-state index contributed by atoms with van der Waals surface area (Å²) in [5.74, 6) is -1.02. The van der Waals surface area contributed by atoms with Gasteiger partial charge in [-0.15, -0.1) is 0 Å². The minimum absolute atomic E-state index is 0.0789. The number of aliphatic carboxylic acids is 1. The van der Waals surface area contributed by atoms with Crippen molar-refractivity contribution in [1.82, 2.24) is 5.32 Å². The molecular formula is C21H29BN2O3. The lowest BCUT2D eigenvalue weighted by molar-refractivity contribution is -0.143. The van der Waals surface area contributed by atoms with E-state index in [4.69, 9.17) is 5.73 Å². The summed E-state index contributed by atoms with van der Waals surface area (Å²) in [4.78, 5) is 11.8. The molecule has 2 aromatic rings. The van der Waals surface area contributed by atoms with Crippen molar-refractivity contribution in [2.75, 3.05) is 6.54 Å². The Morgan fingerprint density at radius 2 is 1.59 bits per heavy atom. The summed E-state index contributed by atoms with van der Waals surface area (Å²) in [6, 6.07) is 18.4. The number of aliphatic hydroxyl groups excluding tert-OH is 1. The Morgan fingerprint density at radius 1 is 1.04 bits per heavy atom. The highest BCUT2D eigenvalue weighted by molar-refractivity contribution is 6.08. The molecular weight excluding hydrogens is 339 g/mol. The summed E-state index contributed by atoms with van der Waals surface area (Å²) in [7, 11) is 2.07. The number of hydrogen-bond acceptors (Lipinski definition) is 4. The van der Waals surface area contributed by atoms with Crippen LogP contribution < -0.4 is 11.1 Å². The van der Waals surface area contributed by atoms with Crippen LogP contribution in [-0.2, 0) is 4.79 Å². The molecule has 0 aliphatic rings. The zero-order chi connectivity index (χ0) is 19.7. The van der Waals surface area contributed by atoms with E-state index in [-0.39, 0.29) is 6.54 Å². The molecule has 0 saturated heterocycles. The van der Waals surface area contributed by atoms with E-state index in [0.29, 0.717) is 6.42 Å². The third kappa shape index (κ3) is 5.92. The van der Waals surface area contributed by atoms with Crippen LogP contribution >= 0.6 is 0 Å². The van der Waals surface area contributed by atoms with Gasteiger partial charge in [0.05, 0.1) is 12.1 Å². The van der Waals surface area contributed by atoms with Gasteiger partial charge < -0.3 is 21.3 Å². The number of aliphatic hydroxyl groups is 1. The maximum absolute atomic E-state index is 11.8. The van der Waals surface area contributed by atoms with Crippen molar-refractivity contribution < 1.29 is 15.0 Å². The monoisotopic (exact) mass is 368 g/mol. The van der Waals surface area contributed by atoms with Crippen molar-refractivity contribution in [1.29, 1.82) is 0 Å². The van der Waals surface area contributed by atoms with Gasteiger partial charge in [-0.25, -0.2) is 0 Å². The van der Waals surface area contributed by atoms with Crippen molar-refractivity contribution in [2.24, 2.45) is 5.73 Å². The summed E-state index contributed by atoms with van der Waals surface area (Å²) >= 11 is 0. The molecule has 5 N–H and O–H groups in total. The van der Waals surface area contributed by atoms with Gasteiger partial charge in [-0.2, -0.15) is 0 Å². The number of hydrogen-bond donors (Lipinski definition) is 4. The summed E-state index contributed by atoms with van der Waals surface area (Å²) < 4.78 is 0. The largest absolute Gasteiger partial charge is 0.480 e. The molecule has 0 saturated carbocycles. The van der Waals surface area contributed by atoms with Gasteiger partial charge in [0.2, 0.25) is 0 Å². The number of unbranched alkanes of at least 4 members (excludes halogenated alkanes) is 1. The van der Waals surface area contributed by atoms with Crippen LogP contribution in [0.2, 0.25) is 6.32 Å². The molecule has 2 aromatic carbocycles. The molecule has 0 aliphatic carbocycles. The Labute approximate surface area is 162 Å². The first kappa shape index (κ1) is 21.2. The van der Waals surface area contributed by atoms with Gasteiger partial charge in [0.1, 0.15) is 13.4 Å². The van der Waals surface area contributed by atoms with Crippen LogP contribution in [0.1, 0.15) is 42.5 Å². The third-order valence-corrected chi connectivity index (χ3v) is 4.91. The molecule has 0 fully saturated rings. The Kier molecular flexibility index (Phi) is 8.04. The van der Waals surface area contributed by atoms with Crippen molar-refractivity contribution in [3.63, 3.8) is 0 Å². The number of nitrogens with two attached hydrogens (primary N) is 1. The number of carbonyl (C=O) groups is 1. The maximum atomic E-state index is 11.8. The van der Waals surface area contributed by atoms with Crippen molar-refractivity contribution in [3.8, 4) is 0 Å².